The number of anilines is 1. The Morgan fingerprint density at radius 3 is 2.41 bits per heavy atom. The molecule has 116 valence electrons. The Balaban J connectivity index is 2.01. The van der Waals surface area contributed by atoms with Crippen LogP contribution in [-0.2, 0) is 21.5 Å². The smallest absolute Gasteiger partial charge is 0.313 e. The number of rotatable bonds is 3. The summed E-state index contributed by atoms with van der Waals surface area (Å²) >= 11 is 1.54. The first-order valence-corrected chi connectivity index (χ1v) is 7.97. The van der Waals surface area contributed by atoms with Crippen LogP contribution >= 0.6 is 11.3 Å². The van der Waals surface area contributed by atoms with Gasteiger partial charge in [-0.05, 0) is 28.5 Å². The predicted molar refractivity (Wildman–Crippen MR) is 89.9 cm³/mol. The zero-order valence-electron chi connectivity index (χ0n) is 13.0. The van der Waals surface area contributed by atoms with Gasteiger partial charge in [0, 0.05) is 10.6 Å². The zero-order chi connectivity index (χ0) is 16.2. The van der Waals surface area contributed by atoms with Crippen molar-refractivity contribution in [2.24, 2.45) is 0 Å². The lowest BCUT2D eigenvalue weighted by molar-refractivity contribution is -0.136. The van der Waals surface area contributed by atoms with Crippen molar-refractivity contribution in [3.8, 4) is 0 Å². The Morgan fingerprint density at radius 1 is 1.05 bits per heavy atom. The van der Waals surface area contributed by atoms with E-state index in [-0.39, 0.29) is 5.41 Å². The fraction of sp³-hybridized carbons (Fsp3) is 0.294. The molecule has 2 amide bonds. The largest absolute Gasteiger partial charge is 0.343 e. The molecule has 0 radical (unpaired) electrons. The minimum Gasteiger partial charge on any atom is -0.343 e. The topological polar surface area (TPSA) is 58.2 Å². The summed E-state index contributed by atoms with van der Waals surface area (Å²) in [6, 6.07) is 11.4. The fourth-order valence-electron chi connectivity index (χ4n) is 2.09. The van der Waals surface area contributed by atoms with Crippen LogP contribution in [0.1, 0.15) is 31.2 Å². The van der Waals surface area contributed by atoms with Gasteiger partial charge in [0.05, 0.1) is 6.54 Å². The minimum atomic E-state index is -0.645. The summed E-state index contributed by atoms with van der Waals surface area (Å²) in [5, 5.41) is 7.25. The molecule has 0 saturated heterocycles. The van der Waals surface area contributed by atoms with E-state index in [0.29, 0.717) is 12.2 Å². The third-order valence-electron chi connectivity index (χ3n) is 3.19. The third-order valence-corrected chi connectivity index (χ3v) is 4.07. The SMILES string of the molecule is CC(C)(C)c1ccccc1NC(=O)C(=O)NCc1cccs1. The third kappa shape index (κ3) is 4.18. The molecule has 2 aromatic rings. The van der Waals surface area contributed by atoms with Gasteiger partial charge in [0.25, 0.3) is 0 Å². The van der Waals surface area contributed by atoms with Gasteiger partial charge < -0.3 is 10.6 Å². The summed E-state index contributed by atoms with van der Waals surface area (Å²) in [5.74, 6) is -1.27. The van der Waals surface area contributed by atoms with Crippen LogP contribution in [0.3, 0.4) is 0 Å². The molecule has 2 rings (SSSR count). The monoisotopic (exact) mass is 316 g/mol. The van der Waals surface area contributed by atoms with Crippen LogP contribution in [0.25, 0.3) is 0 Å². The maximum Gasteiger partial charge on any atom is 0.313 e. The van der Waals surface area contributed by atoms with Crippen molar-refractivity contribution in [3.63, 3.8) is 0 Å². The molecular weight excluding hydrogens is 296 g/mol. The van der Waals surface area contributed by atoms with E-state index in [0.717, 1.165) is 10.4 Å². The second kappa shape index (κ2) is 6.75. The standard InChI is InChI=1S/C17H20N2O2S/c1-17(2,3)13-8-4-5-9-14(13)19-16(21)15(20)18-11-12-7-6-10-22-12/h4-10H,11H2,1-3H3,(H,18,20)(H,19,21). The Kier molecular flexibility index (Phi) is 4.98. The summed E-state index contributed by atoms with van der Waals surface area (Å²) in [4.78, 5) is 24.9. The maximum atomic E-state index is 12.0. The van der Waals surface area contributed by atoms with Gasteiger partial charge in [0.15, 0.2) is 0 Å². The number of para-hydroxylation sites is 1. The highest BCUT2D eigenvalue weighted by molar-refractivity contribution is 7.09. The van der Waals surface area contributed by atoms with Crippen LogP contribution in [0.15, 0.2) is 41.8 Å². The van der Waals surface area contributed by atoms with Gasteiger partial charge in [-0.25, -0.2) is 0 Å². The second-order valence-electron chi connectivity index (χ2n) is 6.01. The van der Waals surface area contributed by atoms with Crippen LogP contribution < -0.4 is 10.6 Å². The molecule has 0 bridgehead atoms. The van der Waals surface area contributed by atoms with Crippen molar-refractivity contribution in [2.45, 2.75) is 32.7 Å². The lowest BCUT2D eigenvalue weighted by atomic mass is 9.86. The first-order chi connectivity index (χ1) is 10.4. The van der Waals surface area contributed by atoms with Crippen molar-refractivity contribution < 1.29 is 9.59 Å². The molecule has 0 unspecified atom stereocenters. The molecule has 0 aliphatic rings. The zero-order valence-corrected chi connectivity index (χ0v) is 13.8. The molecule has 22 heavy (non-hydrogen) atoms. The molecule has 1 aromatic heterocycles. The van der Waals surface area contributed by atoms with Crippen LogP contribution in [0.5, 0.6) is 0 Å². The molecule has 0 aliphatic heterocycles. The van der Waals surface area contributed by atoms with Crippen molar-refractivity contribution in [1.82, 2.24) is 5.32 Å². The normalized spacial score (nSPS) is 11.0. The molecular formula is C17H20N2O2S. The van der Waals surface area contributed by atoms with Crippen LogP contribution in [-0.4, -0.2) is 11.8 Å². The fourth-order valence-corrected chi connectivity index (χ4v) is 2.73. The molecule has 1 aromatic carbocycles. The molecule has 2 N–H and O–H groups in total. The number of nitrogens with one attached hydrogen (secondary N) is 2. The summed E-state index contributed by atoms with van der Waals surface area (Å²) in [6.07, 6.45) is 0. The van der Waals surface area contributed by atoms with E-state index >= 15 is 0 Å². The van der Waals surface area contributed by atoms with E-state index in [4.69, 9.17) is 0 Å². The van der Waals surface area contributed by atoms with Gasteiger partial charge in [-0.3, -0.25) is 9.59 Å². The molecule has 0 aliphatic carbocycles. The molecule has 0 spiro atoms. The predicted octanol–water partition coefficient (Wildman–Crippen LogP) is 3.30. The maximum absolute atomic E-state index is 12.0. The van der Waals surface area contributed by atoms with E-state index in [9.17, 15) is 9.59 Å². The van der Waals surface area contributed by atoms with E-state index in [2.05, 4.69) is 31.4 Å². The van der Waals surface area contributed by atoms with E-state index in [1.54, 1.807) is 0 Å². The Hall–Kier alpha value is -2.14. The van der Waals surface area contributed by atoms with Crippen LogP contribution in [0.4, 0.5) is 5.69 Å². The number of hydrogen-bond donors (Lipinski definition) is 2. The summed E-state index contributed by atoms with van der Waals surface area (Å²) in [6.45, 7) is 6.56. The van der Waals surface area contributed by atoms with Crippen LogP contribution in [0.2, 0.25) is 0 Å². The van der Waals surface area contributed by atoms with E-state index in [1.165, 1.54) is 11.3 Å². The van der Waals surface area contributed by atoms with Gasteiger partial charge in [0.2, 0.25) is 0 Å². The van der Waals surface area contributed by atoms with E-state index in [1.807, 2.05) is 41.8 Å². The average Bonchev–Trinajstić information content (AvgIpc) is 2.97. The summed E-state index contributed by atoms with van der Waals surface area (Å²) in [5.41, 5.74) is 1.55. The minimum absolute atomic E-state index is 0.114. The number of hydrogen-bond acceptors (Lipinski definition) is 3. The van der Waals surface area contributed by atoms with Gasteiger partial charge >= 0.3 is 11.8 Å². The number of thiophene rings is 1. The number of carbonyl (C=O) groups is 2. The first-order valence-electron chi connectivity index (χ1n) is 7.09. The highest BCUT2D eigenvalue weighted by atomic mass is 32.1. The highest BCUT2D eigenvalue weighted by Crippen LogP contribution is 2.29. The molecule has 5 heteroatoms. The van der Waals surface area contributed by atoms with Crippen molar-refractivity contribution in [3.05, 3.63) is 52.2 Å². The van der Waals surface area contributed by atoms with Crippen molar-refractivity contribution >= 4 is 28.8 Å². The molecule has 1 heterocycles. The Bertz CT molecular complexity index is 658. The number of amides is 2. The van der Waals surface area contributed by atoms with Gasteiger partial charge in [-0.2, -0.15) is 0 Å². The Labute approximate surface area is 134 Å². The summed E-state index contributed by atoms with van der Waals surface area (Å²) < 4.78 is 0. The summed E-state index contributed by atoms with van der Waals surface area (Å²) in [7, 11) is 0. The van der Waals surface area contributed by atoms with Crippen LogP contribution in [0, 0.1) is 0 Å². The quantitative estimate of drug-likeness (QED) is 0.854. The molecule has 0 saturated carbocycles. The van der Waals surface area contributed by atoms with Crippen molar-refractivity contribution in [1.29, 1.82) is 0 Å². The van der Waals surface area contributed by atoms with Gasteiger partial charge in [0.1, 0.15) is 0 Å². The van der Waals surface area contributed by atoms with E-state index < -0.39 is 11.8 Å². The molecule has 4 nitrogen and oxygen atoms in total. The molecule has 0 atom stereocenters. The molecule has 0 fully saturated rings. The Morgan fingerprint density at radius 2 is 1.77 bits per heavy atom. The average molecular weight is 316 g/mol. The van der Waals surface area contributed by atoms with Crippen molar-refractivity contribution in [2.75, 3.05) is 5.32 Å². The second-order valence-corrected chi connectivity index (χ2v) is 7.04. The lowest BCUT2D eigenvalue weighted by Gasteiger charge is -2.22. The van der Waals surface area contributed by atoms with Gasteiger partial charge in [-0.15, -0.1) is 11.3 Å². The number of carbonyl (C=O) groups excluding carboxylic acids is 2. The lowest BCUT2D eigenvalue weighted by Crippen LogP contribution is -2.35. The highest BCUT2D eigenvalue weighted by Gasteiger charge is 2.20. The number of benzene rings is 1. The first kappa shape index (κ1) is 16.2. The van der Waals surface area contributed by atoms with Gasteiger partial charge in [-0.1, -0.05) is 45.0 Å².